The zero-order valence-electron chi connectivity index (χ0n) is 13.5. The van der Waals surface area contributed by atoms with Gasteiger partial charge >= 0.3 is 0 Å². The molecule has 3 nitrogen and oxygen atoms in total. The van der Waals surface area contributed by atoms with Crippen LogP contribution in [-0.2, 0) is 10.0 Å². The van der Waals surface area contributed by atoms with Gasteiger partial charge in [0.25, 0.3) is 0 Å². The van der Waals surface area contributed by atoms with Crippen molar-refractivity contribution in [1.29, 1.82) is 0 Å². The lowest BCUT2D eigenvalue weighted by molar-refractivity contribution is 0.467. The fourth-order valence-corrected chi connectivity index (χ4v) is 3.94. The van der Waals surface area contributed by atoms with Gasteiger partial charge in [0.1, 0.15) is 0 Å². The van der Waals surface area contributed by atoms with Crippen molar-refractivity contribution in [2.75, 3.05) is 0 Å². The van der Waals surface area contributed by atoms with Crippen LogP contribution in [0.15, 0.2) is 29.2 Å². The number of nitrogens with two attached hydrogens (primary N) is 1. The Bertz CT molecular complexity index is 525. The Labute approximate surface area is 135 Å². The van der Waals surface area contributed by atoms with E-state index < -0.39 is 10.0 Å². The minimum absolute atomic E-state index is 0.212. The highest BCUT2D eigenvalue weighted by Gasteiger charge is 2.14. The Kier molecular flexibility index (Phi) is 6.90. The van der Waals surface area contributed by atoms with Gasteiger partial charge in [0.2, 0.25) is 10.0 Å². The van der Waals surface area contributed by atoms with Gasteiger partial charge in [-0.1, -0.05) is 69.9 Å². The van der Waals surface area contributed by atoms with Crippen LogP contribution >= 0.6 is 0 Å². The Morgan fingerprint density at radius 2 is 1.14 bits per heavy atom. The predicted octanol–water partition coefficient (Wildman–Crippen LogP) is 4.72. The molecular formula is C18H29NO2S. The number of primary sulfonamides is 1. The summed E-state index contributed by atoms with van der Waals surface area (Å²) in [6.07, 6.45) is 14.5. The molecular weight excluding hydrogens is 294 g/mol. The number of benzene rings is 1. The lowest BCUT2D eigenvalue weighted by atomic mass is 9.87. The van der Waals surface area contributed by atoms with E-state index in [-0.39, 0.29) is 4.90 Å². The molecule has 0 spiro atoms. The highest BCUT2D eigenvalue weighted by Crippen LogP contribution is 2.30. The Morgan fingerprint density at radius 1 is 0.727 bits per heavy atom. The first-order chi connectivity index (χ1) is 10.6. The summed E-state index contributed by atoms with van der Waals surface area (Å²) < 4.78 is 22.7. The Hall–Kier alpha value is -0.870. The minimum Gasteiger partial charge on any atom is -0.225 e. The van der Waals surface area contributed by atoms with Crippen molar-refractivity contribution >= 4 is 10.0 Å². The van der Waals surface area contributed by atoms with Gasteiger partial charge in [-0.25, -0.2) is 13.6 Å². The predicted molar refractivity (Wildman–Crippen MR) is 91.3 cm³/mol. The van der Waals surface area contributed by atoms with Crippen LogP contribution in [0.5, 0.6) is 0 Å². The average molecular weight is 324 g/mol. The summed E-state index contributed by atoms with van der Waals surface area (Å²) in [5.41, 5.74) is 1.27. The first kappa shape index (κ1) is 17.5. The molecule has 124 valence electrons. The second kappa shape index (κ2) is 8.68. The molecule has 2 rings (SSSR count). The van der Waals surface area contributed by atoms with E-state index in [0.29, 0.717) is 5.92 Å². The van der Waals surface area contributed by atoms with Gasteiger partial charge in [-0.05, 0) is 36.5 Å². The van der Waals surface area contributed by atoms with Crippen LogP contribution in [0.2, 0.25) is 0 Å². The zero-order valence-corrected chi connectivity index (χ0v) is 14.3. The number of hydrogen-bond donors (Lipinski definition) is 1. The van der Waals surface area contributed by atoms with Crippen molar-refractivity contribution in [3.63, 3.8) is 0 Å². The molecule has 0 bridgehead atoms. The van der Waals surface area contributed by atoms with E-state index in [1.165, 1.54) is 76.2 Å². The molecule has 0 unspecified atom stereocenters. The molecule has 1 aromatic rings. The molecule has 1 aliphatic rings. The fraction of sp³-hybridized carbons (Fsp3) is 0.667. The molecule has 0 heterocycles. The molecule has 1 fully saturated rings. The highest BCUT2D eigenvalue weighted by molar-refractivity contribution is 7.89. The standard InChI is InChI=1S/C18H29NO2S/c19-22(20,21)18-14-12-17(13-15-18)16-10-8-6-4-2-1-3-5-7-9-11-16/h12-16H,1-11H2,(H2,19,20,21). The van der Waals surface area contributed by atoms with Crippen molar-refractivity contribution in [3.05, 3.63) is 29.8 Å². The summed E-state index contributed by atoms with van der Waals surface area (Å²) in [7, 11) is -3.58. The molecule has 0 radical (unpaired) electrons. The van der Waals surface area contributed by atoms with Gasteiger partial charge in [-0.3, -0.25) is 0 Å². The maximum Gasteiger partial charge on any atom is 0.238 e. The van der Waals surface area contributed by atoms with Crippen molar-refractivity contribution in [2.24, 2.45) is 5.14 Å². The van der Waals surface area contributed by atoms with Crippen LogP contribution in [0, 0.1) is 0 Å². The van der Waals surface area contributed by atoms with Crippen LogP contribution in [-0.4, -0.2) is 8.42 Å². The van der Waals surface area contributed by atoms with Crippen molar-refractivity contribution in [2.45, 2.75) is 81.4 Å². The highest BCUT2D eigenvalue weighted by atomic mass is 32.2. The Morgan fingerprint density at radius 3 is 1.55 bits per heavy atom. The summed E-state index contributed by atoms with van der Waals surface area (Å²) in [5.74, 6) is 0.564. The molecule has 2 N–H and O–H groups in total. The van der Waals surface area contributed by atoms with Crippen molar-refractivity contribution < 1.29 is 8.42 Å². The average Bonchev–Trinajstić information content (AvgIpc) is 2.47. The smallest absolute Gasteiger partial charge is 0.225 e. The van der Waals surface area contributed by atoms with E-state index in [0.717, 1.165) is 0 Å². The van der Waals surface area contributed by atoms with Crippen LogP contribution in [0.3, 0.4) is 0 Å². The second-order valence-electron chi connectivity index (χ2n) is 6.57. The second-order valence-corrected chi connectivity index (χ2v) is 8.13. The topological polar surface area (TPSA) is 60.2 Å². The van der Waals surface area contributed by atoms with Crippen LogP contribution in [0.1, 0.15) is 82.1 Å². The van der Waals surface area contributed by atoms with E-state index in [9.17, 15) is 8.42 Å². The SMILES string of the molecule is NS(=O)(=O)c1ccc(C2CCCCCCCCCCC2)cc1. The van der Waals surface area contributed by atoms with Crippen LogP contribution in [0.25, 0.3) is 0 Å². The summed E-state index contributed by atoms with van der Waals surface area (Å²) in [6, 6.07) is 7.22. The third-order valence-corrected chi connectivity index (χ3v) is 5.71. The van der Waals surface area contributed by atoms with E-state index in [4.69, 9.17) is 5.14 Å². The molecule has 0 saturated heterocycles. The van der Waals surface area contributed by atoms with E-state index in [1.807, 2.05) is 12.1 Å². The molecule has 0 amide bonds. The molecule has 22 heavy (non-hydrogen) atoms. The van der Waals surface area contributed by atoms with Gasteiger partial charge in [-0.15, -0.1) is 0 Å². The number of rotatable bonds is 2. The summed E-state index contributed by atoms with van der Waals surface area (Å²) >= 11 is 0. The third-order valence-electron chi connectivity index (χ3n) is 4.79. The quantitative estimate of drug-likeness (QED) is 0.856. The molecule has 4 heteroatoms. The van der Waals surface area contributed by atoms with E-state index >= 15 is 0 Å². The van der Waals surface area contributed by atoms with Gasteiger partial charge in [0.05, 0.1) is 4.90 Å². The lowest BCUT2D eigenvalue weighted by Crippen LogP contribution is -2.12. The molecule has 1 aromatic carbocycles. The maximum atomic E-state index is 11.4. The molecule has 0 aromatic heterocycles. The number of hydrogen-bond acceptors (Lipinski definition) is 2. The first-order valence-corrected chi connectivity index (χ1v) is 10.2. The third kappa shape index (κ3) is 5.73. The molecule has 1 aliphatic carbocycles. The minimum atomic E-state index is -3.58. The summed E-state index contributed by atoms with van der Waals surface area (Å²) in [6.45, 7) is 0. The monoisotopic (exact) mass is 323 g/mol. The van der Waals surface area contributed by atoms with Crippen molar-refractivity contribution in [3.8, 4) is 0 Å². The molecule has 0 atom stereocenters. The first-order valence-electron chi connectivity index (χ1n) is 8.70. The van der Waals surface area contributed by atoms with E-state index in [2.05, 4.69) is 0 Å². The van der Waals surface area contributed by atoms with Crippen LogP contribution < -0.4 is 5.14 Å². The zero-order chi connectivity index (χ0) is 15.8. The van der Waals surface area contributed by atoms with Gasteiger partial charge in [-0.2, -0.15) is 0 Å². The van der Waals surface area contributed by atoms with Gasteiger partial charge < -0.3 is 0 Å². The Balaban J connectivity index is 2.02. The number of sulfonamides is 1. The lowest BCUT2D eigenvalue weighted by Gasteiger charge is -2.18. The molecule has 1 saturated carbocycles. The fourth-order valence-electron chi connectivity index (χ4n) is 3.43. The molecule has 0 aliphatic heterocycles. The van der Waals surface area contributed by atoms with Crippen molar-refractivity contribution in [1.82, 2.24) is 0 Å². The maximum absolute atomic E-state index is 11.4. The van der Waals surface area contributed by atoms with Crippen LogP contribution in [0.4, 0.5) is 0 Å². The van der Waals surface area contributed by atoms with E-state index in [1.54, 1.807) is 12.1 Å². The largest absolute Gasteiger partial charge is 0.238 e. The van der Waals surface area contributed by atoms with Gasteiger partial charge in [0.15, 0.2) is 0 Å². The normalized spacial score (nSPS) is 20.0. The summed E-state index contributed by atoms with van der Waals surface area (Å²) in [5, 5.41) is 5.17. The van der Waals surface area contributed by atoms with Gasteiger partial charge in [0, 0.05) is 0 Å². The summed E-state index contributed by atoms with van der Waals surface area (Å²) in [4.78, 5) is 0.212.